The molecule has 3 aromatic rings. The summed E-state index contributed by atoms with van der Waals surface area (Å²) in [4.78, 5) is 16.8. The van der Waals surface area contributed by atoms with Crippen LogP contribution in [0.25, 0.3) is 11.3 Å². The number of nitrogens with one attached hydrogen (secondary N) is 2. The van der Waals surface area contributed by atoms with Crippen molar-refractivity contribution in [3.63, 3.8) is 0 Å². The Kier molecular flexibility index (Phi) is 4.47. The van der Waals surface area contributed by atoms with Crippen molar-refractivity contribution in [3.05, 3.63) is 58.4 Å². The van der Waals surface area contributed by atoms with E-state index in [0.717, 1.165) is 11.4 Å². The SMILES string of the molecule is CC[C@@H](NC(=O)c1cn[nH]c1-c1cccc(F)c1)c1nccs1. The van der Waals surface area contributed by atoms with Gasteiger partial charge in [0.25, 0.3) is 5.91 Å². The highest BCUT2D eigenvalue weighted by Gasteiger charge is 2.20. The van der Waals surface area contributed by atoms with Gasteiger partial charge < -0.3 is 5.32 Å². The standard InChI is InChI=1S/C16H15FN4OS/c1-2-13(16-18-6-7-23-16)20-15(22)12-9-19-21-14(12)10-4-3-5-11(17)8-10/h3-9,13H,2H2,1H3,(H,19,21)(H,20,22)/t13-/m1/s1. The third-order valence-corrected chi connectivity index (χ3v) is 4.35. The van der Waals surface area contributed by atoms with Gasteiger partial charge in [-0.05, 0) is 18.6 Å². The third-order valence-electron chi connectivity index (χ3n) is 3.46. The van der Waals surface area contributed by atoms with Crippen molar-refractivity contribution in [3.8, 4) is 11.3 Å². The zero-order chi connectivity index (χ0) is 16.2. The number of H-pyrrole nitrogens is 1. The van der Waals surface area contributed by atoms with Gasteiger partial charge in [-0.3, -0.25) is 9.89 Å². The first-order valence-corrected chi connectivity index (χ1v) is 8.06. The van der Waals surface area contributed by atoms with Crippen molar-refractivity contribution in [1.29, 1.82) is 0 Å². The first-order valence-electron chi connectivity index (χ1n) is 7.18. The fourth-order valence-electron chi connectivity index (χ4n) is 2.30. The van der Waals surface area contributed by atoms with E-state index in [1.54, 1.807) is 18.3 Å². The fraction of sp³-hybridized carbons (Fsp3) is 0.188. The second-order valence-corrected chi connectivity index (χ2v) is 5.90. The molecule has 5 nitrogen and oxygen atoms in total. The maximum absolute atomic E-state index is 13.4. The van der Waals surface area contributed by atoms with Gasteiger partial charge in [-0.2, -0.15) is 5.10 Å². The Hall–Kier alpha value is -2.54. The van der Waals surface area contributed by atoms with E-state index in [0.29, 0.717) is 16.8 Å². The molecule has 0 radical (unpaired) electrons. The minimum absolute atomic E-state index is 0.155. The summed E-state index contributed by atoms with van der Waals surface area (Å²) < 4.78 is 13.4. The first-order chi connectivity index (χ1) is 11.2. The van der Waals surface area contributed by atoms with Crippen LogP contribution in [0.3, 0.4) is 0 Å². The molecular formula is C16H15FN4OS. The Labute approximate surface area is 136 Å². The molecule has 0 bridgehead atoms. The van der Waals surface area contributed by atoms with Crippen LogP contribution in [0.15, 0.2) is 42.0 Å². The molecule has 0 unspecified atom stereocenters. The molecule has 1 amide bonds. The van der Waals surface area contributed by atoms with Crippen LogP contribution < -0.4 is 5.32 Å². The van der Waals surface area contributed by atoms with Crippen LogP contribution in [-0.2, 0) is 0 Å². The Morgan fingerprint density at radius 3 is 3.04 bits per heavy atom. The van der Waals surface area contributed by atoms with Crippen LogP contribution in [0.2, 0.25) is 0 Å². The number of hydrogen-bond acceptors (Lipinski definition) is 4. The number of rotatable bonds is 5. The molecule has 2 N–H and O–H groups in total. The quantitative estimate of drug-likeness (QED) is 0.751. The molecule has 3 rings (SSSR count). The van der Waals surface area contributed by atoms with Gasteiger partial charge in [0.1, 0.15) is 10.8 Å². The highest BCUT2D eigenvalue weighted by atomic mass is 32.1. The van der Waals surface area contributed by atoms with E-state index in [-0.39, 0.29) is 17.8 Å². The molecule has 7 heteroatoms. The van der Waals surface area contributed by atoms with Gasteiger partial charge in [0.2, 0.25) is 0 Å². The summed E-state index contributed by atoms with van der Waals surface area (Å²) in [6, 6.07) is 5.89. The van der Waals surface area contributed by atoms with E-state index in [2.05, 4.69) is 20.5 Å². The topological polar surface area (TPSA) is 70.7 Å². The van der Waals surface area contributed by atoms with Crippen molar-refractivity contribution >= 4 is 17.2 Å². The van der Waals surface area contributed by atoms with Crippen LogP contribution in [0.5, 0.6) is 0 Å². The highest BCUT2D eigenvalue weighted by Crippen LogP contribution is 2.24. The smallest absolute Gasteiger partial charge is 0.255 e. The average Bonchev–Trinajstić information content (AvgIpc) is 3.23. The molecule has 2 aromatic heterocycles. The van der Waals surface area contributed by atoms with E-state index in [1.165, 1.54) is 29.7 Å². The fourth-order valence-corrected chi connectivity index (χ4v) is 3.08. The summed E-state index contributed by atoms with van der Waals surface area (Å²) in [6.45, 7) is 1.98. The van der Waals surface area contributed by atoms with Crippen molar-refractivity contribution in [2.45, 2.75) is 19.4 Å². The molecule has 0 fully saturated rings. The number of amides is 1. The zero-order valence-electron chi connectivity index (χ0n) is 12.4. The third kappa shape index (κ3) is 3.29. The van der Waals surface area contributed by atoms with Crippen molar-refractivity contribution in [2.24, 2.45) is 0 Å². The van der Waals surface area contributed by atoms with E-state index in [1.807, 2.05) is 12.3 Å². The molecule has 0 aliphatic carbocycles. The minimum Gasteiger partial charge on any atom is -0.343 e. The Bertz CT molecular complexity index is 800. The van der Waals surface area contributed by atoms with Crippen molar-refractivity contribution in [2.75, 3.05) is 0 Å². The van der Waals surface area contributed by atoms with Crippen LogP contribution in [0, 0.1) is 5.82 Å². The predicted molar refractivity (Wildman–Crippen MR) is 86.6 cm³/mol. The lowest BCUT2D eigenvalue weighted by molar-refractivity contribution is 0.0936. The number of halogens is 1. The van der Waals surface area contributed by atoms with E-state index < -0.39 is 0 Å². The van der Waals surface area contributed by atoms with Gasteiger partial charge in [0.05, 0.1) is 23.5 Å². The number of nitrogens with zero attached hydrogens (tertiary/aromatic N) is 2. The van der Waals surface area contributed by atoms with Gasteiger partial charge in [0, 0.05) is 17.1 Å². The number of aromatic amines is 1. The Morgan fingerprint density at radius 2 is 2.35 bits per heavy atom. The molecule has 0 saturated carbocycles. The highest BCUT2D eigenvalue weighted by molar-refractivity contribution is 7.09. The number of hydrogen-bond donors (Lipinski definition) is 2. The lowest BCUT2D eigenvalue weighted by Crippen LogP contribution is -2.28. The maximum Gasteiger partial charge on any atom is 0.255 e. The molecule has 23 heavy (non-hydrogen) atoms. The monoisotopic (exact) mass is 330 g/mol. The zero-order valence-corrected chi connectivity index (χ0v) is 13.2. The van der Waals surface area contributed by atoms with Crippen LogP contribution >= 0.6 is 11.3 Å². The van der Waals surface area contributed by atoms with Crippen molar-refractivity contribution in [1.82, 2.24) is 20.5 Å². The molecule has 118 valence electrons. The number of aromatic nitrogens is 3. The lowest BCUT2D eigenvalue weighted by Gasteiger charge is -2.14. The lowest BCUT2D eigenvalue weighted by atomic mass is 10.1. The molecule has 0 aliphatic rings. The second kappa shape index (κ2) is 6.70. The number of carbonyl (C=O) groups is 1. The molecule has 0 spiro atoms. The summed E-state index contributed by atoms with van der Waals surface area (Å²) >= 11 is 1.50. The normalized spacial score (nSPS) is 12.1. The van der Waals surface area contributed by atoms with Gasteiger partial charge >= 0.3 is 0 Å². The van der Waals surface area contributed by atoms with Gasteiger partial charge in [-0.25, -0.2) is 9.37 Å². The number of thiazole rings is 1. The molecule has 0 aliphatic heterocycles. The summed E-state index contributed by atoms with van der Waals surface area (Å²) in [7, 11) is 0. The molecule has 1 atom stereocenters. The molecular weight excluding hydrogens is 315 g/mol. The Morgan fingerprint density at radius 1 is 1.48 bits per heavy atom. The minimum atomic E-state index is -0.363. The molecule has 1 aromatic carbocycles. The summed E-state index contributed by atoms with van der Waals surface area (Å²) in [5.74, 6) is -0.627. The number of carbonyl (C=O) groups excluding carboxylic acids is 1. The van der Waals surface area contributed by atoms with E-state index in [4.69, 9.17) is 0 Å². The Balaban J connectivity index is 1.85. The largest absolute Gasteiger partial charge is 0.343 e. The van der Waals surface area contributed by atoms with Gasteiger partial charge in [0.15, 0.2) is 0 Å². The second-order valence-electron chi connectivity index (χ2n) is 4.97. The average molecular weight is 330 g/mol. The first kappa shape index (κ1) is 15.4. The van der Waals surface area contributed by atoms with Gasteiger partial charge in [-0.15, -0.1) is 11.3 Å². The van der Waals surface area contributed by atoms with E-state index >= 15 is 0 Å². The molecule has 0 saturated heterocycles. The number of benzene rings is 1. The summed E-state index contributed by atoms with van der Waals surface area (Å²) in [5.41, 5.74) is 1.46. The van der Waals surface area contributed by atoms with Crippen LogP contribution in [-0.4, -0.2) is 21.1 Å². The maximum atomic E-state index is 13.4. The van der Waals surface area contributed by atoms with Crippen LogP contribution in [0.1, 0.15) is 34.8 Å². The predicted octanol–water partition coefficient (Wildman–Crippen LogP) is 3.55. The van der Waals surface area contributed by atoms with E-state index in [9.17, 15) is 9.18 Å². The molecule has 2 heterocycles. The summed E-state index contributed by atoms with van der Waals surface area (Å²) in [5, 5.41) is 12.4. The van der Waals surface area contributed by atoms with Crippen molar-refractivity contribution < 1.29 is 9.18 Å². The van der Waals surface area contributed by atoms with Crippen LogP contribution in [0.4, 0.5) is 4.39 Å². The summed E-state index contributed by atoms with van der Waals surface area (Å²) in [6.07, 6.45) is 3.89. The van der Waals surface area contributed by atoms with Gasteiger partial charge in [-0.1, -0.05) is 19.1 Å².